The molecule has 2 N–H and O–H groups in total. The van der Waals surface area contributed by atoms with Crippen molar-refractivity contribution in [3.63, 3.8) is 0 Å². The van der Waals surface area contributed by atoms with Gasteiger partial charge in [-0.05, 0) is 35.9 Å². The zero-order valence-electron chi connectivity index (χ0n) is 13.5. The molecule has 24 heavy (non-hydrogen) atoms. The number of hydrogen-bond donors (Lipinski definition) is 2. The predicted molar refractivity (Wildman–Crippen MR) is 92.9 cm³/mol. The monoisotopic (exact) mass is 346 g/mol. The van der Waals surface area contributed by atoms with Crippen LogP contribution in [0.25, 0.3) is 10.9 Å². The molecule has 6 heteroatoms. The van der Waals surface area contributed by atoms with Crippen molar-refractivity contribution in [2.75, 3.05) is 6.54 Å². The molecule has 0 aliphatic carbocycles. The van der Waals surface area contributed by atoms with Crippen molar-refractivity contribution in [2.24, 2.45) is 0 Å². The zero-order chi connectivity index (χ0) is 17.4. The van der Waals surface area contributed by atoms with Crippen molar-refractivity contribution in [2.45, 2.75) is 24.2 Å². The molecule has 1 heterocycles. The van der Waals surface area contributed by atoms with Gasteiger partial charge >= 0.3 is 0 Å². The molecule has 0 spiro atoms. The topological polar surface area (TPSA) is 62.0 Å². The number of rotatable bonds is 5. The minimum atomic E-state index is -3.56. The van der Waals surface area contributed by atoms with Crippen LogP contribution >= 0.6 is 0 Å². The van der Waals surface area contributed by atoms with Crippen LogP contribution in [-0.2, 0) is 15.4 Å². The molecule has 0 unspecified atom stereocenters. The lowest BCUT2D eigenvalue weighted by atomic mass is 9.85. The molecule has 0 fully saturated rings. The molecule has 0 amide bonds. The van der Waals surface area contributed by atoms with E-state index in [1.54, 1.807) is 42.6 Å². The third kappa shape index (κ3) is 3.20. The fourth-order valence-corrected chi connectivity index (χ4v) is 3.94. The Morgan fingerprint density at radius 2 is 1.83 bits per heavy atom. The van der Waals surface area contributed by atoms with Crippen LogP contribution in [0.1, 0.15) is 19.4 Å². The van der Waals surface area contributed by atoms with Gasteiger partial charge in [-0.3, -0.25) is 0 Å². The van der Waals surface area contributed by atoms with Gasteiger partial charge in [0.15, 0.2) is 0 Å². The Balaban J connectivity index is 1.85. The number of fused-ring (bicyclic) bond motifs is 1. The number of nitrogens with one attached hydrogen (secondary N) is 2. The van der Waals surface area contributed by atoms with E-state index in [4.69, 9.17) is 0 Å². The van der Waals surface area contributed by atoms with E-state index in [1.165, 1.54) is 12.1 Å². The predicted octanol–water partition coefficient (Wildman–Crippen LogP) is 3.56. The average molecular weight is 346 g/mol. The Morgan fingerprint density at radius 1 is 1.12 bits per heavy atom. The minimum Gasteiger partial charge on any atom is -0.361 e. The first kappa shape index (κ1) is 16.7. The summed E-state index contributed by atoms with van der Waals surface area (Å²) in [6.07, 6.45) is 1.81. The van der Waals surface area contributed by atoms with Gasteiger partial charge in [0, 0.05) is 29.1 Å². The maximum Gasteiger partial charge on any atom is 0.240 e. The third-order valence-electron chi connectivity index (χ3n) is 4.13. The fourth-order valence-electron chi connectivity index (χ4n) is 2.71. The number of benzene rings is 2. The van der Waals surface area contributed by atoms with Gasteiger partial charge in [0.25, 0.3) is 0 Å². The third-order valence-corrected chi connectivity index (χ3v) is 5.55. The number of H-pyrrole nitrogens is 1. The molecule has 0 atom stereocenters. The lowest BCUT2D eigenvalue weighted by Gasteiger charge is -2.25. The first-order chi connectivity index (χ1) is 11.3. The van der Waals surface area contributed by atoms with E-state index in [1.807, 2.05) is 13.8 Å². The standard InChI is InChI=1S/C18H19FN2O2S/c1-18(2,12-21-24(22,23)14-6-4-3-5-7-14)16-11-20-17-10-13(19)8-9-15(16)17/h3-11,20-21H,12H2,1-2H3. The summed E-state index contributed by atoms with van der Waals surface area (Å²) in [5.41, 5.74) is 1.18. The highest BCUT2D eigenvalue weighted by Gasteiger charge is 2.26. The van der Waals surface area contributed by atoms with Crippen LogP contribution in [0.3, 0.4) is 0 Å². The van der Waals surface area contributed by atoms with Crippen LogP contribution in [0, 0.1) is 5.82 Å². The summed E-state index contributed by atoms with van der Waals surface area (Å²) in [6.45, 7) is 4.13. The van der Waals surface area contributed by atoms with Gasteiger partial charge in [0.05, 0.1) is 4.90 Å². The summed E-state index contributed by atoms with van der Waals surface area (Å²) in [7, 11) is -3.56. The Kier molecular flexibility index (Phi) is 4.19. The molecule has 0 radical (unpaired) electrons. The molecule has 0 saturated heterocycles. The van der Waals surface area contributed by atoms with Crippen molar-refractivity contribution in [3.05, 3.63) is 66.1 Å². The Hall–Kier alpha value is -2.18. The summed E-state index contributed by atoms with van der Waals surface area (Å²) >= 11 is 0. The van der Waals surface area contributed by atoms with Crippen molar-refractivity contribution >= 4 is 20.9 Å². The maximum absolute atomic E-state index is 13.3. The smallest absolute Gasteiger partial charge is 0.240 e. The molecule has 0 saturated carbocycles. The molecule has 3 rings (SSSR count). The molecule has 2 aromatic carbocycles. The number of halogens is 1. The van der Waals surface area contributed by atoms with Crippen LogP contribution in [-0.4, -0.2) is 19.9 Å². The summed E-state index contributed by atoms with van der Waals surface area (Å²) in [5.74, 6) is -0.307. The normalized spacial score (nSPS) is 12.6. The average Bonchev–Trinajstić information content (AvgIpc) is 2.98. The first-order valence-corrected chi connectivity index (χ1v) is 9.10. The van der Waals surface area contributed by atoms with Crippen molar-refractivity contribution < 1.29 is 12.8 Å². The number of aromatic amines is 1. The Morgan fingerprint density at radius 3 is 2.54 bits per heavy atom. The van der Waals surface area contributed by atoms with E-state index >= 15 is 0 Å². The Labute approximate surface area is 140 Å². The molecule has 0 bridgehead atoms. The second-order valence-electron chi connectivity index (χ2n) is 6.41. The lowest BCUT2D eigenvalue weighted by Crippen LogP contribution is -2.36. The zero-order valence-corrected chi connectivity index (χ0v) is 14.3. The van der Waals surface area contributed by atoms with Gasteiger partial charge in [-0.15, -0.1) is 0 Å². The van der Waals surface area contributed by atoms with Crippen LogP contribution < -0.4 is 4.72 Å². The van der Waals surface area contributed by atoms with Gasteiger partial charge in [-0.1, -0.05) is 32.0 Å². The number of sulfonamides is 1. The highest BCUT2D eigenvalue weighted by atomic mass is 32.2. The van der Waals surface area contributed by atoms with Crippen molar-refractivity contribution in [3.8, 4) is 0 Å². The van der Waals surface area contributed by atoms with Gasteiger partial charge in [-0.2, -0.15) is 0 Å². The molecule has 126 valence electrons. The first-order valence-electron chi connectivity index (χ1n) is 7.61. The number of aromatic nitrogens is 1. The van der Waals surface area contributed by atoms with Crippen LogP contribution in [0.4, 0.5) is 4.39 Å². The van der Waals surface area contributed by atoms with Gasteiger partial charge in [0.1, 0.15) is 5.82 Å². The van der Waals surface area contributed by atoms with Crippen molar-refractivity contribution in [1.82, 2.24) is 9.71 Å². The van der Waals surface area contributed by atoms with Crippen molar-refractivity contribution in [1.29, 1.82) is 0 Å². The van der Waals surface area contributed by atoms with Gasteiger partial charge in [-0.25, -0.2) is 17.5 Å². The van der Waals surface area contributed by atoms with Gasteiger partial charge < -0.3 is 4.98 Å². The van der Waals surface area contributed by atoms with Crippen LogP contribution in [0.15, 0.2) is 59.6 Å². The minimum absolute atomic E-state index is 0.231. The largest absolute Gasteiger partial charge is 0.361 e. The highest BCUT2D eigenvalue weighted by molar-refractivity contribution is 7.89. The van der Waals surface area contributed by atoms with E-state index in [0.717, 1.165) is 10.9 Å². The number of hydrogen-bond acceptors (Lipinski definition) is 2. The van der Waals surface area contributed by atoms with E-state index in [2.05, 4.69) is 9.71 Å². The quantitative estimate of drug-likeness (QED) is 0.742. The Bertz CT molecular complexity index is 963. The van der Waals surface area contributed by atoms with E-state index in [0.29, 0.717) is 5.52 Å². The van der Waals surface area contributed by atoms with E-state index < -0.39 is 15.4 Å². The molecule has 3 aromatic rings. The summed E-state index contributed by atoms with van der Waals surface area (Å²) in [6, 6.07) is 12.8. The van der Waals surface area contributed by atoms with Gasteiger partial charge in [0.2, 0.25) is 10.0 Å². The summed E-state index contributed by atoms with van der Waals surface area (Å²) in [4.78, 5) is 3.28. The summed E-state index contributed by atoms with van der Waals surface area (Å²) in [5, 5.41) is 0.889. The van der Waals surface area contributed by atoms with E-state index in [9.17, 15) is 12.8 Å². The maximum atomic E-state index is 13.3. The summed E-state index contributed by atoms with van der Waals surface area (Å²) < 4.78 is 40.8. The molecule has 0 aliphatic rings. The fraction of sp³-hybridized carbons (Fsp3) is 0.222. The SMILES string of the molecule is CC(C)(CNS(=O)(=O)c1ccccc1)c1c[nH]c2cc(F)ccc12. The lowest BCUT2D eigenvalue weighted by molar-refractivity contribution is 0.504. The molecular weight excluding hydrogens is 327 g/mol. The van der Waals surface area contributed by atoms with Crippen LogP contribution in [0.2, 0.25) is 0 Å². The molecule has 1 aromatic heterocycles. The van der Waals surface area contributed by atoms with Crippen LogP contribution in [0.5, 0.6) is 0 Å². The van der Waals surface area contributed by atoms with E-state index in [-0.39, 0.29) is 17.3 Å². The highest BCUT2D eigenvalue weighted by Crippen LogP contribution is 2.30. The second-order valence-corrected chi connectivity index (χ2v) is 8.18. The molecule has 0 aliphatic heterocycles. The molecule has 4 nitrogen and oxygen atoms in total. The second kappa shape index (κ2) is 6.03. The molecular formula is C18H19FN2O2S.